The Hall–Kier alpha value is -1.15. The molecule has 0 aliphatic carbocycles. The molecule has 130 valence electrons. The van der Waals surface area contributed by atoms with Gasteiger partial charge in [-0.05, 0) is 32.4 Å². The lowest BCUT2D eigenvalue weighted by Crippen LogP contribution is -2.48. The first-order valence-corrected chi connectivity index (χ1v) is 9.42. The zero-order valence-corrected chi connectivity index (χ0v) is 15.0. The number of sulfonamides is 1. The third kappa shape index (κ3) is 4.91. The highest BCUT2D eigenvalue weighted by Crippen LogP contribution is 2.25. The molecule has 0 bridgehead atoms. The number of anilines is 1. The number of primary sulfonamides is 1. The quantitative estimate of drug-likeness (QED) is 0.843. The average Bonchev–Trinajstić information content (AvgIpc) is 2.53. The summed E-state index contributed by atoms with van der Waals surface area (Å²) in [4.78, 5) is 4.68. The van der Waals surface area contributed by atoms with E-state index in [4.69, 9.17) is 9.88 Å². The van der Waals surface area contributed by atoms with Crippen molar-refractivity contribution in [1.29, 1.82) is 0 Å². The molecule has 1 heterocycles. The zero-order chi connectivity index (χ0) is 17.1. The second kappa shape index (κ2) is 7.17. The SMILES string of the molecule is COC(C)(C)CCN1CCN(c2ccccc2S(N)(=O)=O)CC1. The summed E-state index contributed by atoms with van der Waals surface area (Å²) in [5.41, 5.74) is 0.587. The van der Waals surface area contributed by atoms with Gasteiger partial charge in [-0.2, -0.15) is 0 Å². The maximum absolute atomic E-state index is 11.7. The van der Waals surface area contributed by atoms with Gasteiger partial charge in [0.05, 0.1) is 11.3 Å². The van der Waals surface area contributed by atoms with Gasteiger partial charge in [0.1, 0.15) is 4.90 Å². The van der Waals surface area contributed by atoms with Crippen molar-refractivity contribution in [1.82, 2.24) is 4.90 Å². The van der Waals surface area contributed by atoms with Crippen molar-refractivity contribution in [2.45, 2.75) is 30.8 Å². The third-order valence-electron chi connectivity index (χ3n) is 4.47. The summed E-state index contributed by atoms with van der Waals surface area (Å²) in [5.74, 6) is 0. The van der Waals surface area contributed by atoms with Crippen LogP contribution < -0.4 is 10.0 Å². The zero-order valence-electron chi connectivity index (χ0n) is 14.2. The first kappa shape index (κ1) is 18.2. The number of methoxy groups -OCH3 is 1. The topological polar surface area (TPSA) is 75.9 Å². The molecule has 0 saturated carbocycles. The number of para-hydroxylation sites is 1. The van der Waals surface area contributed by atoms with Gasteiger partial charge in [0, 0.05) is 39.8 Å². The molecule has 2 N–H and O–H groups in total. The molecule has 0 amide bonds. The van der Waals surface area contributed by atoms with Crippen LogP contribution >= 0.6 is 0 Å². The molecule has 7 heteroatoms. The molecule has 1 fully saturated rings. The van der Waals surface area contributed by atoms with Gasteiger partial charge in [0.25, 0.3) is 0 Å². The summed E-state index contributed by atoms with van der Waals surface area (Å²) < 4.78 is 28.9. The van der Waals surface area contributed by atoms with Crippen molar-refractivity contribution in [3.8, 4) is 0 Å². The van der Waals surface area contributed by atoms with Crippen molar-refractivity contribution in [2.75, 3.05) is 44.7 Å². The number of piperazine rings is 1. The van der Waals surface area contributed by atoms with E-state index in [2.05, 4.69) is 23.6 Å². The molecule has 6 nitrogen and oxygen atoms in total. The number of nitrogens with two attached hydrogens (primary N) is 1. The molecule has 0 aromatic heterocycles. The summed E-state index contributed by atoms with van der Waals surface area (Å²) in [7, 11) is -1.96. The van der Waals surface area contributed by atoms with E-state index in [0.29, 0.717) is 5.69 Å². The standard InChI is InChI=1S/C16H27N3O3S/c1-16(2,22-3)8-9-18-10-12-19(13-11-18)14-6-4-5-7-15(14)23(17,20)21/h4-7H,8-13H2,1-3H3,(H2,17,20,21). The van der Waals surface area contributed by atoms with Crippen molar-refractivity contribution >= 4 is 15.7 Å². The number of nitrogens with zero attached hydrogens (tertiary/aromatic N) is 2. The van der Waals surface area contributed by atoms with Gasteiger partial charge in [0.15, 0.2) is 0 Å². The molecule has 1 aromatic rings. The number of hydrogen-bond donors (Lipinski definition) is 1. The monoisotopic (exact) mass is 341 g/mol. The predicted octanol–water partition coefficient (Wildman–Crippen LogP) is 1.27. The Labute approximate surface area is 139 Å². The van der Waals surface area contributed by atoms with Gasteiger partial charge in [-0.3, -0.25) is 4.90 Å². The Morgan fingerprint density at radius 1 is 1.17 bits per heavy atom. The van der Waals surface area contributed by atoms with E-state index in [9.17, 15) is 8.42 Å². The fraction of sp³-hybridized carbons (Fsp3) is 0.625. The van der Waals surface area contributed by atoms with Gasteiger partial charge in [0.2, 0.25) is 10.0 Å². The van der Waals surface area contributed by atoms with Crippen LogP contribution in [0.3, 0.4) is 0 Å². The van der Waals surface area contributed by atoms with E-state index in [0.717, 1.165) is 39.1 Å². The van der Waals surface area contributed by atoms with Crippen LogP contribution in [0.1, 0.15) is 20.3 Å². The Kier molecular flexibility index (Phi) is 5.67. The van der Waals surface area contributed by atoms with Gasteiger partial charge >= 0.3 is 0 Å². The third-order valence-corrected chi connectivity index (χ3v) is 5.43. The van der Waals surface area contributed by atoms with Crippen LogP contribution in [0.25, 0.3) is 0 Å². The van der Waals surface area contributed by atoms with E-state index >= 15 is 0 Å². The van der Waals surface area contributed by atoms with Crippen LogP contribution in [0, 0.1) is 0 Å². The van der Waals surface area contributed by atoms with E-state index in [1.165, 1.54) is 0 Å². The minimum Gasteiger partial charge on any atom is -0.379 e. The van der Waals surface area contributed by atoms with Crippen LogP contribution in [-0.4, -0.2) is 58.8 Å². The average molecular weight is 341 g/mol. The van der Waals surface area contributed by atoms with Gasteiger partial charge in [-0.15, -0.1) is 0 Å². The molecule has 23 heavy (non-hydrogen) atoms. The Bertz CT molecular complexity index is 623. The Morgan fingerprint density at radius 2 is 1.78 bits per heavy atom. The second-order valence-corrected chi connectivity index (χ2v) is 8.09. The van der Waals surface area contributed by atoms with Crippen molar-refractivity contribution < 1.29 is 13.2 Å². The summed E-state index contributed by atoms with van der Waals surface area (Å²) in [6.07, 6.45) is 0.970. The molecule has 0 atom stereocenters. The molecule has 2 rings (SSSR count). The highest BCUT2D eigenvalue weighted by atomic mass is 32.2. The maximum Gasteiger partial charge on any atom is 0.240 e. The largest absolute Gasteiger partial charge is 0.379 e. The highest BCUT2D eigenvalue weighted by molar-refractivity contribution is 7.89. The lowest BCUT2D eigenvalue weighted by atomic mass is 10.0. The normalized spacial score (nSPS) is 17.5. The Morgan fingerprint density at radius 3 is 2.35 bits per heavy atom. The Balaban J connectivity index is 1.98. The minimum absolute atomic E-state index is 0.114. The summed E-state index contributed by atoms with van der Waals surface area (Å²) >= 11 is 0. The summed E-state index contributed by atoms with van der Waals surface area (Å²) in [6, 6.07) is 6.94. The second-order valence-electron chi connectivity index (χ2n) is 6.56. The number of rotatable bonds is 6. The minimum atomic E-state index is -3.70. The first-order chi connectivity index (χ1) is 10.7. The summed E-state index contributed by atoms with van der Waals surface area (Å²) in [5, 5.41) is 5.32. The smallest absolute Gasteiger partial charge is 0.240 e. The van der Waals surface area contributed by atoms with Crippen LogP contribution in [0.15, 0.2) is 29.2 Å². The fourth-order valence-corrected chi connectivity index (χ4v) is 3.46. The molecule has 0 unspecified atom stereocenters. The van der Waals surface area contributed by atoms with Crippen LogP contribution in [0.2, 0.25) is 0 Å². The van der Waals surface area contributed by atoms with Crippen molar-refractivity contribution in [3.63, 3.8) is 0 Å². The predicted molar refractivity (Wildman–Crippen MR) is 92.2 cm³/mol. The van der Waals surface area contributed by atoms with Crippen molar-refractivity contribution in [3.05, 3.63) is 24.3 Å². The first-order valence-electron chi connectivity index (χ1n) is 7.87. The van der Waals surface area contributed by atoms with E-state index in [1.54, 1.807) is 19.2 Å². The molecule has 0 spiro atoms. The van der Waals surface area contributed by atoms with E-state index < -0.39 is 10.0 Å². The van der Waals surface area contributed by atoms with E-state index in [-0.39, 0.29) is 10.5 Å². The molecule has 1 saturated heterocycles. The van der Waals surface area contributed by atoms with Gasteiger partial charge in [-0.25, -0.2) is 13.6 Å². The lowest BCUT2D eigenvalue weighted by molar-refractivity contribution is 0.00707. The molecule has 1 aliphatic heterocycles. The van der Waals surface area contributed by atoms with Crippen molar-refractivity contribution in [2.24, 2.45) is 5.14 Å². The number of hydrogen-bond acceptors (Lipinski definition) is 5. The maximum atomic E-state index is 11.7. The van der Waals surface area contributed by atoms with Crippen LogP contribution in [0.4, 0.5) is 5.69 Å². The van der Waals surface area contributed by atoms with Crippen LogP contribution in [-0.2, 0) is 14.8 Å². The lowest BCUT2D eigenvalue weighted by Gasteiger charge is -2.37. The highest BCUT2D eigenvalue weighted by Gasteiger charge is 2.24. The molecule has 0 radical (unpaired) electrons. The number of ether oxygens (including phenoxy) is 1. The van der Waals surface area contributed by atoms with Gasteiger partial charge < -0.3 is 9.64 Å². The van der Waals surface area contributed by atoms with Crippen LogP contribution in [0.5, 0.6) is 0 Å². The van der Waals surface area contributed by atoms with E-state index in [1.807, 2.05) is 12.1 Å². The molecule has 1 aliphatic rings. The summed E-state index contributed by atoms with van der Waals surface area (Å²) in [6.45, 7) is 8.54. The molecular formula is C16H27N3O3S. The molecular weight excluding hydrogens is 314 g/mol. The van der Waals surface area contributed by atoms with Gasteiger partial charge in [-0.1, -0.05) is 12.1 Å². The molecule has 1 aromatic carbocycles. The number of benzene rings is 1. The fourth-order valence-electron chi connectivity index (χ4n) is 2.70.